The molecule has 2 aliphatic rings. The van der Waals surface area contributed by atoms with E-state index in [2.05, 4.69) is 0 Å². The summed E-state index contributed by atoms with van der Waals surface area (Å²) in [6, 6.07) is 6.10. The van der Waals surface area contributed by atoms with Crippen molar-refractivity contribution in [2.24, 2.45) is 5.92 Å². The van der Waals surface area contributed by atoms with Crippen LogP contribution in [0, 0.1) is 5.92 Å². The number of β-amino-alcohol motifs (C(OH)–C–C–N with tert-alkyl or cyclic N) is 1. The Morgan fingerprint density at radius 2 is 1.78 bits per heavy atom. The first kappa shape index (κ1) is 12.4. The molecular formula is C12H14ClNO3S. The lowest BCUT2D eigenvalue weighted by Crippen LogP contribution is -2.64. The van der Waals surface area contributed by atoms with Gasteiger partial charge in [0.05, 0.1) is 10.5 Å². The zero-order valence-corrected chi connectivity index (χ0v) is 11.3. The fourth-order valence-corrected chi connectivity index (χ4v) is 4.06. The van der Waals surface area contributed by atoms with Crippen molar-refractivity contribution in [2.45, 2.75) is 23.3 Å². The third-order valence-electron chi connectivity index (χ3n) is 3.69. The van der Waals surface area contributed by atoms with Gasteiger partial charge in [0.1, 0.15) is 0 Å². The fourth-order valence-electron chi connectivity index (χ4n) is 2.37. The van der Waals surface area contributed by atoms with Crippen LogP contribution in [0.15, 0.2) is 29.2 Å². The largest absolute Gasteiger partial charge is 0.387 e. The first-order valence-corrected chi connectivity index (χ1v) is 7.72. The summed E-state index contributed by atoms with van der Waals surface area (Å²) in [5.74, 6) is 0.286. The second-order valence-corrected chi connectivity index (χ2v) is 7.48. The highest BCUT2D eigenvalue weighted by Gasteiger charge is 2.55. The predicted octanol–water partition coefficient (Wildman–Crippen LogP) is 1.49. The number of aliphatic hydroxyl groups is 1. The number of halogens is 1. The van der Waals surface area contributed by atoms with E-state index >= 15 is 0 Å². The predicted molar refractivity (Wildman–Crippen MR) is 67.9 cm³/mol. The molecule has 0 amide bonds. The molecule has 3 rings (SSSR count). The molecule has 1 aromatic rings. The van der Waals surface area contributed by atoms with Crippen LogP contribution in [-0.2, 0) is 10.0 Å². The van der Waals surface area contributed by atoms with Gasteiger partial charge in [-0.15, -0.1) is 0 Å². The first-order valence-electron chi connectivity index (χ1n) is 5.90. The molecular weight excluding hydrogens is 274 g/mol. The summed E-state index contributed by atoms with van der Waals surface area (Å²) in [5, 5.41) is 10.7. The molecule has 1 N–H and O–H groups in total. The average molecular weight is 288 g/mol. The van der Waals surface area contributed by atoms with Crippen LogP contribution >= 0.6 is 11.6 Å². The summed E-state index contributed by atoms with van der Waals surface area (Å²) in [7, 11) is -3.48. The van der Waals surface area contributed by atoms with E-state index < -0.39 is 15.6 Å². The monoisotopic (exact) mass is 287 g/mol. The Bertz CT molecular complexity index is 559. The van der Waals surface area contributed by atoms with Gasteiger partial charge in [-0.2, -0.15) is 4.31 Å². The van der Waals surface area contributed by atoms with E-state index in [1.54, 1.807) is 12.1 Å². The van der Waals surface area contributed by atoms with Crippen molar-refractivity contribution < 1.29 is 13.5 Å². The van der Waals surface area contributed by atoms with E-state index in [0.717, 1.165) is 12.8 Å². The molecule has 0 aromatic heterocycles. The number of benzene rings is 1. The molecule has 1 saturated carbocycles. The van der Waals surface area contributed by atoms with Crippen LogP contribution in [0.1, 0.15) is 12.8 Å². The normalized spacial score (nSPS) is 23.7. The maximum atomic E-state index is 12.2. The molecule has 1 aliphatic heterocycles. The van der Waals surface area contributed by atoms with Crippen molar-refractivity contribution in [3.8, 4) is 0 Å². The van der Waals surface area contributed by atoms with Gasteiger partial charge in [0.15, 0.2) is 0 Å². The van der Waals surface area contributed by atoms with Crippen molar-refractivity contribution in [1.29, 1.82) is 0 Å². The maximum Gasteiger partial charge on any atom is 0.243 e. The zero-order valence-electron chi connectivity index (χ0n) is 9.71. The van der Waals surface area contributed by atoms with E-state index in [4.69, 9.17) is 11.6 Å². The minimum absolute atomic E-state index is 0.211. The van der Waals surface area contributed by atoms with E-state index in [1.165, 1.54) is 16.4 Å². The molecule has 1 aromatic carbocycles. The van der Waals surface area contributed by atoms with Crippen LogP contribution < -0.4 is 0 Å². The smallest absolute Gasteiger partial charge is 0.243 e. The van der Waals surface area contributed by atoms with Gasteiger partial charge in [0.25, 0.3) is 0 Å². The van der Waals surface area contributed by atoms with Crippen molar-refractivity contribution in [3.05, 3.63) is 29.3 Å². The van der Waals surface area contributed by atoms with Gasteiger partial charge < -0.3 is 5.11 Å². The molecule has 1 heterocycles. The van der Waals surface area contributed by atoms with Gasteiger partial charge in [-0.1, -0.05) is 11.6 Å². The molecule has 0 spiro atoms. The summed E-state index contributed by atoms with van der Waals surface area (Å²) in [6.07, 6.45) is 2.01. The maximum absolute atomic E-state index is 12.2. The summed E-state index contributed by atoms with van der Waals surface area (Å²) >= 11 is 5.74. The number of sulfonamides is 1. The SMILES string of the molecule is O=S(=O)(c1ccc(Cl)cc1)N1CC(O)(C2CC2)C1. The van der Waals surface area contributed by atoms with Crippen molar-refractivity contribution in [1.82, 2.24) is 4.31 Å². The minimum Gasteiger partial charge on any atom is -0.387 e. The molecule has 0 atom stereocenters. The summed E-state index contributed by atoms with van der Waals surface area (Å²) in [5.41, 5.74) is -0.792. The highest BCUT2D eigenvalue weighted by Crippen LogP contribution is 2.45. The molecule has 1 aliphatic carbocycles. The van der Waals surface area contributed by atoms with Crippen molar-refractivity contribution in [2.75, 3.05) is 13.1 Å². The third-order valence-corrected chi connectivity index (χ3v) is 5.75. The molecule has 18 heavy (non-hydrogen) atoms. The Hall–Kier alpha value is -0.620. The van der Waals surface area contributed by atoms with E-state index in [9.17, 15) is 13.5 Å². The molecule has 6 heteroatoms. The minimum atomic E-state index is -3.48. The second kappa shape index (κ2) is 3.93. The lowest BCUT2D eigenvalue weighted by atomic mass is 9.91. The van der Waals surface area contributed by atoms with E-state index in [1.807, 2.05) is 0 Å². The summed E-state index contributed by atoms with van der Waals surface area (Å²) in [4.78, 5) is 0.227. The molecule has 4 nitrogen and oxygen atoms in total. The zero-order chi connectivity index (χ0) is 13.0. The molecule has 0 radical (unpaired) electrons. The van der Waals surface area contributed by atoms with Crippen LogP contribution in [0.2, 0.25) is 5.02 Å². The first-order chi connectivity index (χ1) is 8.42. The standard InChI is InChI=1S/C12H14ClNO3S/c13-10-3-5-11(6-4-10)18(16,17)14-7-12(15,8-14)9-1-2-9/h3-6,9,15H,1-2,7-8H2. The lowest BCUT2D eigenvalue weighted by Gasteiger charge is -2.45. The Morgan fingerprint density at radius 3 is 2.28 bits per heavy atom. The molecule has 2 fully saturated rings. The Kier molecular flexibility index (Phi) is 2.71. The highest BCUT2D eigenvalue weighted by molar-refractivity contribution is 7.89. The Morgan fingerprint density at radius 1 is 1.22 bits per heavy atom. The second-order valence-electron chi connectivity index (χ2n) is 5.10. The number of rotatable bonds is 3. The fraction of sp³-hybridized carbons (Fsp3) is 0.500. The topological polar surface area (TPSA) is 57.6 Å². The quantitative estimate of drug-likeness (QED) is 0.916. The average Bonchev–Trinajstić information content (AvgIpc) is 3.09. The third kappa shape index (κ3) is 1.95. The molecule has 0 unspecified atom stereocenters. The van der Waals surface area contributed by atoms with Gasteiger partial charge in [-0.05, 0) is 43.0 Å². The van der Waals surface area contributed by atoms with Crippen LogP contribution in [0.4, 0.5) is 0 Å². The lowest BCUT2D eigenvalue weighted by molar-refractivity contribution is -0.0764. The number of hydrogen-bond donors (Lipinski definition) is 1. The summed E-state index contributed by atoms with van der Waals surface area (Å²) in [6.45, 7) is 0.422. The van der Waals surface area contributed by atoms with E-state index in [-0.39, 0.29) is 23.9 Å². The van der Waals surface area contributed by atoms with Gasteiger partial charge >= 0.3 is 0 Å². The van der Waals surface area contributed by atoms with Crippen molar-refractivity contribution in [3.63, 3.8) is 0 Å². The van der Waals surface area contributed by atoms with Gasteiger partial charge in [0.2, 0.25) is 10.0 Å². The van der Waals surface area contributed by atoms with Crippen molar-refractivity contribution >= 4 is 21.6 Å². The molecule has 1 saturated heterocycles. The Labute approximate surface area is 111 Å². The number of hydrogen-bond acceptors (Lipinski definition) is 3. The van der Waals surface area contributed by atoms with Crippen LogP contribution in [0.5, 0.6) is 0 Å². The summed E-state index contributed by atoms with van der Waals surface area (Å²) < 4.78 is 25.8. The highest BCUT2D eigenvalue weighted by atomic mass is 35.5. The Balaban J connectivity index is 1.78. The van der Waals surface area contributed by atoms with Crippen LogP contribution in [0.25, 0.3) is 0 Å². The van der Waals surface area contributed by atoms with Crippen LogP contribution in [-0.4, -0.2) is 36.5 Å². The van der Waals surface area contributed by atoms with E-state index in [0.29, 0.717) is 5.02 Å². The molecule has 98 valence electrons. The van der Waals surface area contributed by atoms with Gasteiger partial charge in [-0.25, -0.2) is 8.42 Å². The van der Waals surface area contributed by atoms with Gasteiger partial charge in [0, 0.05) is 18.1 Å². The molecule has 0 bridgehead atoms. The van der Waals surface area contributed by atoms with Crippen LogP contribution in [0.3, 0.4) is 0 Å². The number of nitrogens with zero attached hydrogens (tertiary/aromatic N) is 1. The van der Waals surface area contributed by atoms with Gasteiger partial charge in [-0.3, -0.25) is 0 Å².